The lowest BCUT2D eigenvalue weighted by Gasteiger charge is -2.22. The number of H-pyrrole nitrogens is 1. The molecular formula is C17H23N3O. The van der Waals surface area contributed by atoms with Gasteiger partial charge in [0.1, 0.15) is 0 Å². The summed E-state index contributed by atoms with van der Waals surface area (Å²) in [5, 5.41) is 4.52. The maximum atomic E-state index is 12.2. The predicted octanol–water partition coefficient (Wildman–Crippen LogP) is 2.73. The minimum absolute atomic E-state index is 0.0547. The van der Waals surface area contributed by atoms with Gasteiger partial charge in [0.05, 0.1) is 11.2 Å². The van der Waals surface area contributed by atoms with E-state index in [1.54, 1.807) is 0 Å². The van der Waals surface area contributed by atoms with E-state index in [-0.39, 0.29) is 5.56 Å². The normalized spacial score (nSPS) is 14.5. The molecule has 0 fully saturated rings. The Morgan fingerprint density at radius 1 is 1.33 bits per heavy atom. The monoisotopic (exact) mass is 285 g/mol. The quantitative estimate of drug-likeness (QED) is 0.911. The number of nitrogens with one attached hydrogen (secondary N) is 2. The molecule has 2 aromatic rings. The van der Waals surface area contributed by atoms with Gasteiger partial charge in [-0.2, -0.15) is 0 Å². The number of hydrogen-bond acceptors (Lipinski definition) is 3. The van der Waals surface area contributed by atoms with E-state index in [2.05, 4.69) is 54.3 Å². The van der Waals surface area contributed by atoms with E-state index in [1.165, 1.54) is 5.56 Å². The summed E-state index contributed by atoms with van der Waals surface area (Å²) in [6, 6.07) is 6.90. The lowest BCUT2D eigenvalue weighted by Crippen LogP contribution is -2.25. The van der Waals surface area contributed by atoms with Crippen molar-refractivity contribution in [2.24, 2.45) is 0 Å². The van der Waals surface area contributed by atoms with Crippen LogP contribution in [0.3, 0.4) is 0 Å². The van der Waals surface area contributed by atoms with Crippen LogP contribution in [0.5, 0.6) is 0 Å². The number of pyridine rings is 1. The van der Waals surface area contributed by atoms with Crippen molar-refractivity contribution in [3.8, 4) is 0 Å². The van der Waals surface area contributed by atoms with Crippen LogP contribution in [0, 0.1) is 0 Å². The first kappa shape index (κ1) is 14.1. The van der Waals surface area contributed by atoms with E-state index in [1.807, 2.05) is 0 Å². The summed E-state index contributed by atoms with van der Waals surface area (Å²) in [4.78, 5) is 17.5. The third-order valence-corrected chi connectivity index (χ3v) is 4.40. The zero-order valence-electron chi connectivity index (χ0n) is 13.0. The molecule has 0 radical (unpaired) electrons. The van der Waals surface area contributed by atoms with Crippen LogP contribution >= 0.6 is 0 Å². The van der Waals surface area contributed by atoms with Crippen molar-refractivity contribution in [1.29, 1.82) is 0 Å². The van der Waals surface area contributed by atoms with Crippen LogP contribution in [-0.4, -0.2) is 29.5 Å². The number of hydrogen-bond donors (Lipinski definition) is 2. The second-order valence-corrected chi connectivity index (χ2v) is 6.23. The molecule has 4 heteroatoms. The second-order valence-electron chi connectivity index (χ2n) is 6.23. The van der Waals surface area contributed by atoms with Crippen molar-refractivity contribution in [3.05, 3.63) is 39.7 Å². The maximum Gasteiger partial charge on any atom is 0.253 e. The van der Waals surface area contributed by atoms with Crippen LogP contribution < -0.4 is 10.9 Å². The van der Waals surface area contributed by atoms with Crippen molar-refractivity contribution in [2.75, 3.05) is 18.9 Å². The van der Waals surface area contributed by atoms with Gasteiger partial charge in [-0.25, -0.2) is 0 Å². The number of aromatic amines is 1. The summed E-state index contributed by atoms with van der Waals surface area (Å²) in [6.45, 7) is 6.20. The molecule has 4 nitrogen and oxygen atoms in total. The van der Waals surface area contributed by atoms with Gasteiger partial charge in [-0.3, -0.25) is 9.69 Å². The molecule has 0 saturated carbocycles. The Morgan fingerprint density at radius 2 is 2.14 bits per heavy atom. The average molecular weight is 285 g/mol. The first-order valence-corrected chi connectivity index (χ1v) is 7.68. The first-order valence-electron chi connectivity index (χ1n) is 7.68. The topological polar surface area (TPSA) is 48.1 Å². The lowest BCUT2D eigenvalue weighted by molar-refractivity contribution is 0.266. The van der Waals surface area contributed by atoms with Gasteiger partial charge in [-0.1, -0.05) is 12.1 Å². The van der Waals surface area contributed by atoms with Crippen molar-refractivity contribution in [3.63, 3.8) is 0 Å². The standard InChI is InChI=1S/C17H23N3O/c1-11(2)20(3)10-12-6-7-13-15(9-12)19-17(21)14-5-4-8-18-16(13)14/h6-7,9,11,18H,4-5,8,10H2,1-3H3,(H,19,21). The predicted molar refractivity (Wildman–Crippen MR) is 88.0 cm³/mol. The highest BCUT2D eigenvalue weighted by atomic mass is 16.1. The van der Waals surface area contributed by atoms with Gasteiger partial charge in [-0.05, 0) is 45.4 Å². The summed E-state index contributed by atoms with van der Waals surface area (Å²) in [5.41, 5.74) is 4.15. The highest BCUT2D eigenvalue weighted by molar-refractivity contribution is 5.93. The minimum Gasteiger partial charge on any atom is -0.384 e. The molecule has 0 saturated heterocycles. The molecule has 2 heterocycles. The summed E-state index contributed by atoms with van der Waals surface area (Å²) in [5.74, 6) is 0. The molecule has 3 rings (SSSR count). The Labute approximate surface area is 125 Å². The van der Waals surface area contributed by atoms with E-state index in [0.29, 0.717) is 6.04 Å². The van der Waals surface area contributed by atoms with E-state index in [0.717, 1.165) is 48.1 Å². The zero-order valence-corrected chi connectivity index (χ0v) is 13.0. The van der Waals surface area contributed by atoms with E-state index < -0.39 is 0 Å². The third-order valence-electron chi connectivity index (χ3n) is 4.40. The minimum atomic E-state index is 0.0547. The number of aromatic nitrogens is 1. The van der Waals surface area contributed by atoms with Gasteiger partial charge in [-0.15, -0.1) is 0 Å². The molecule has 1 aromatic heterocycles. The van der Waals surface area contributed by atoms with Gasteiger partial charge in [0, 0.05) is 30.1 Å². The third kappa shape index (κ3) is 2.68. The smallest absolute Gasteiger partial charge is 0.253 e. The molecule has 0 unspecified atom stereocenters. The molecular weight excluding hydrogens is 262 g/mol. The summed E-state index contributed by atoms with van der Waals surface area (Å²) in [6.07, 6.45) is 1.89. The molecule has 1 aliphatic rings. The van der Waals surface area contributed by atoms with Crippen LogP contribution in [0.15, 0.2) is 23.0 Å². The van der Waals surface area contributed by atoms with Crippen molar-refractivity contribution in [2.45, 2.75) is 39.3 Å². The summed E-state index contributed by atoms with van der Waals surface area (Å²) >= 11 is 0. The van der Waals surface area contributed by atoms with E-state index in [4.69, 9.17) is 0 Å². The van der Waals surface area contributed by atoms with Crippen LogP contribution in [0.2, 0.25) is 0 Å². The Hall–Kier alpha value is -1.81. The van der Waals surface area contributed by atoms with Gasteiger partial charge in [0.15, 0.2) is 0 Å². The van der Waals surface area contributed by atoms with Crippen molar-refractivity contribution < 1.29 is 0 Å². The Morgan fingerprint density at radius 3 is 2.90 bits per heavy atom. The largest absolute Gasteiger partial charge is 0.384 e. The Bertz CT molecular complexity index is 718. The fourth-order valence-corrected chi connectivity index (χ4v) is 2.87. The number of rotatable bonds is 3. The van der Waals surface area contributed by atoms with Crippen molar-refractivity contribution >= 4 is 16.6 Å². The molecule has 0 bridgehead atoms. The molecule has 2 N–H and O–H groups in total. The molecule has 1 aliphatic heterocycles. The average Bonchev–Trinajstić information content (AvgIpc) is 2.47. The number of benzene rings is 1. The Balaban J connectivity index is 2.05. The molecule has 1 aromatic carbocycles. The second kappa shape index (κ2) is 5.53. The molecule has 21 heavy (non-hydrogen) atoms. The van der Waals surface area contributed by atoms with Crippen LogP contribution in [-0.2, 0) is 13.0 Å². The molecule has 0 amide bonds. The summed E-state index contributed by atoms with van der Waals surface area (Å²) in [7, 11) is 2.12. The SMILES string of the molecule is CC(C)N(C)Cc1ccc2c3c(c(=O)[nH]c2c1)CCCN3. The Kier molecular flexibility index (Phi) is 3.72. The van der Waals surface area contributed by atoms with Crippen LogP contribution in [0.4, 0.5) is 5.69 Å². The van der Waals surface area contributed by atoms with Gasteiger partial charge in [0.2, 0.25) is 0 Å². The lowest BCUT2D eigenvalue weighted by atomic mass is 10.0. The maximum absolute atomic E-state index is 12.2. The number of nitrogens with zero attached hydrogens (tertiary/aromatic N) is 1. The molecule has 0 aliphatic carbocycles. The number of anilines is 1. The van der Waals surface area contributed by atoms with Crippen LogP contribution in [0.25, 0.3) is 10.9 Å². The summed E-state index contributed by atoms with van der Waals surface area (Å²) < 4.78 is 0. The van der Waals surface area contributed by atoms with Gasteiger partial charge in [0.25, 0.3) is 5.56 Å². The number of fused-ring (bicyclic) bond motifs is 3. The van der Waals surface area contributed by atoms with Gasteiger partial charge >= 0.3 is 0 Å². The van der Waals surface area contributed by atoms with E-state index >= 15 is 0 Å². The van der Waals surface area contributed by atoms with Crippen molar-refractivity contribution in [1.82, 2.24) is 9.88 Å². The van der Waals surface area contributed by atoms with Crippen LogP contribution in [0.1, 0.15) is 31.4 Å². The fraction of sp³-hybridized carbons (Fsp3) is 0.471. The fourth-order valence-electron chi connectivity index (χ4n) is 2.87. The molecule has 0 spiro atoms. The highest BCUT2D eigenvalue weighted by Crippen LogP contribution is 2.28. The first-order chi connectivity index (χ1) is 10.1. The molecule has 0 atom stereocenters. The highest BCUT2D eigenvalue weighted by Gasteiger charge is 2.16. The van der Waals surface area contributed by atoms with Gasteiger partial charge < -0.3 is 10.3 Å². The van der Waals surface area contributed by atoms with E-state index in [9.17, 15) is 4.79 Å². The zero-order chi connectivity index (χ0) is 15.0. The molecule has 112 valence electrons.